The smallest absolute Gasteiger partial charge is 0.244 e. The van der Waals surface area contributed by atoms with E-state index in [0.29, 0.717) is 13.1 Å². The molecule has 1 aromatic heterocycles. The first-order chi connectivity index (χ1) is 8.50. The van der Waals surface area contributed by atoms with Gasteiger partial charge in [0.15, 0.2) is 0 Å². The number of aliphatic hydroxyl groups is 1. The lowest BCUT2D eigenvalue weighted by Crippen LogP contribution is -2.56. The van der Waals surface area contributed by atoms with Gasteiger partial charge in [-0.2, -0.15) is 5.10 Å². The van der Waals surface area contributed by atoms with Gasteiger partial charge in [-0.3, -0.25) is 4.79 Å². The van der Waals surface area contributed by atoms with Gasteiger partial charge in [0.1, 0.15) is 19.2 Å². The summed E-state index contributed by atoms with van der Waals surface area (Å²) in [5, 5.41) is 13.1. The number of aromatic nitrogens is 3. The summed E-state index contributed by atoms with van der Waals surface area (Å²) >= 11 is 0. The van der Waals surface area contributed by atoms with Crippen molar-refractivity contribution in [1.82, 2.24) is 19.7 Å². The van der Waals surface area contributed by atoms with E-state index in [0.717, 1.165) is 0 Å². The minimum absolute atomic E-state index is 0.0460. The zero-order chi connectivity index (χ0) is 13.2. The molecule has 0 saturated carbocycles. The largest absolute Gasteiger partial charge is 0.394 e. The highest BCUT2D eigenvalue weighted by Crippen LogP contribution is 2.21. The maximum absolute atomic E-state index is 12.1. The lowest BCUT2D eigenvalue weighted by Gasteiger charge is -2.42. The van der Waals surface area contributed by atoms with E-state index in [1.165, 1.54) is 17.3 Å². The van der Waals surface area contributed by atoms with Crippen molar-refractivity contribution in [1.29, 1.82) is 0 Å². The summed E-state index contributed by atoms with van der Waals surface area (Å²) in [5.41, 5.74) is -0.441. The Morgan fingerprint density at radius 3 is 3.00 bits per heavy atom. The molecule has 1 fully saturated rings. The van der Waals surface area contributed by atoms with Crippen LogP contribution in [0.25, 0.3) is 0 Å². The van der Waals surface area contributed by atoms with Crippen LogP contribution in [0, 0.1) is 0 Å². The molecule has 2 rings (SSSR count). The van der Waals surface area contributed by atoms with Gasteiger partial charge < -0.3 is 14.7 Å². The Balaban J connectivity index is 2.00. The number of ether oxygens (including phenoxy) is 1. The first kappa shape index (κ1) is 13.0. The molecule has 1 aliphatic rings. The van der Waals surface area contributed by atoms with E-state index in [1.54, 1.807) is 4.90 Å². The van der Waals surface area contributed by atoms with Gasteiger partial charge in [0, 0.05) is 13.1 Å². The number of morpholine rings is 1. The third-order valence-electron chi connectivity index (χ3n) is 2.80. The first-order valence-electron chi connectivity index (χ1n) is 5.89. The summed E-state index contributed by atoms with van der Waals surface area (Å²) in [5.74, 6) is -0.0460. The van der Waals surface area contributed by atoms with Crippen LogP contribution in [0.15, 0.2) is 12.7 Å². The molecule has 1 N–H and O–H groups in total. The summed E-state index contributed by atoms with van der Waals surface area (Å²) in [4.78, 5) is 17.6. The van der Waals surface area contributed by atoms with Gasteiger partial charge in [0.05, 0.1) is 18.3 Å². The van der Waals surface area contributed by atoms with Gasteiger partial charge in [-0.25, -0.2) is 9.67 Å². The monoisotopic (exact) mass is 254 g/mol. The topological polar surface area (TPSA) is 80.5 Å². The fraction of sp³-hybridized carbons (Fsp3) is 0.727. The van der Waals surface area contributed by atoms with E-state index in [1.807, 2.05) is 13.8 Å². The Bertz CT molecular complexity index is 404. The van der Waals surface area contributed by atoms with E-state index in [-0.39, 0.29) is 25.2 Å². The molecule has 100 valence electrons. The highest BCUT2D eigenvalue weighted by molar-refractivity contribution is 5.76. The number of aliphatic hydroxyl groups excluding tert-OH is 1. The molecular weight excluding hydrogens is 236 g/mol. The third kappa shape index (κ3) is 3.05. The van der Waals surface area contributed by atoms with Crippen molar-refractivity contribution in [2.24, 2.45) is 0 Å². The zero-order valence-corrected chi connectivity index (χ0v) is 10.6. The molecule has 0 aliphatic carbocycles. The average molecular weight is 254 g/mol. The third-order valence-corrected chi connectivity index (χ3v) is 2.80. The molecule has 0 spiro atoms. The minimum Gasteiger partial charge on any atom is -0.394 e. The van der Waals surface area contributed by atoms with Crippen LogP contribution in [-0.2, 0) is 16.1 Å². The maximum Gasteiger partial charge on any atom is 0.244 e. The molecule has 18 heavy (non-hydrogen) atoms. The number of rotatable bonds is 3. The van der Waals surface area contributed by atoms with Gasteiger partial charge in [0.2, 0.25) is 5.91 Å². The summed E-state index contributed by atoms with van der Waals surface area (Å²) in [7, 11) is 0. The Kier molecular flexibility index (Phi) is 3.63. The van der Waals surface area contributed by atoms with Crippen molar-refractivity contribution in [3.63, 3.8) is 0 Å². The quantitative estimate of drug-likeness (QED) is 0.769. The van der Waals surface area contributed by atoms with Gasteiger partial charge in [0.25, 0.3) is 0 Å². The first-order valence-corrected chi connectivity index (χ1v) is 5.89. The molecule has 1 amide bonds. The second kappa shape index (κ2) is 5.03. The second-order valence-corrected chi connectivity index (χ2v) is 5.05. The molecule has 2 heterocycles. The van der Waals surface area contributed by atoms with Crippen LogP contribution < -0.4 is 0 Å². The van der Waals surface area contributed by atoms with Crippen molar-refractivity contribution in [3.8, 4) is 0 Å². The summed E-state index contributed by atoms with van der Waals surface area (Å²) in [6, 6.07) is 0. The Hall–Kier alpha value is -1.47. The number of hydrogen-bond acceptors (Lipinski definition) is 5. The molecule has 1 unspecified atom stereocenters. The van der Waals surface area contributed by atoms with E-state index < -0.39 is 5.60 Å². The van der Waals surface area contributed by atoms with Crippen LogP contribution in [0.2, 0.25) is 0 Å². The maximum atomic E-state index is 12.1. The van der Waals surface area contributed by atoms with Crippen molar-refractivity contribution < 1.29 is 14.6 Å². The van der Waals surface area contributed by atoms with E-state index in [4.69, 9.17) is 4.74 Å². The molecule has 0 aromatic carbocycles. The molecule has 0 bridgehead atoms. The standard InChI is InChI=1S/C11H18N4O3/c1-11(2)6-14(3-9(5-16)18-11)10(17)4-15-8-12-7-13-15/h7-9,16H,3-6H2,1-2H3. The van der Waals surface area contributed by atoms with Gasteiger partial charge >= 0.3 is 0 Å². The summed E-state index contributed by atoms with van der Waals surface area (Å²) < 4.78 is 7.14. The predicted octanol–water partition coefficient (Wildman–Crippen LogP) is -0.724. The predicted molar refractivity (Wildman–Crippen MR) is 62.6 cm³/mol. The van der Waals surface area contributed by atoms with Crippen LogP contribution in [0.3, 0.4) is 0 Å². The Labute approximate surface area is 105 Å². The van der Waals surface area contributed by atoms with Crippen molar-refractivity contribution in [2.45, 2.75) is 32.1 Å². The van der Waals surface area contributed by atoms with Gasteiger partial charge in [-0.15, -0.1) is 0 Å². The SMILES string of the molecule is CC1(C)CN(C(=O)Cn2cncn2)CC(CO)O1. The van der Waals surface area contributed by atoms with E-state index >= 15 is 0 Å². The van der Waals surface area contributed by atoms with Gasteiger partial charge in [-0.1, -0.05) is 0 Å². The molecular formula is C11H18N4O3. The molecule has 1 aromatic rings. The van der Waals surface area contributed by atoms with E-state index in [2.05, 4.69) is 10.1 Å². The van der Waals surface area contributed by atoms with Gasteiger partial charge in [-0.05, 0) is 13.8 Å². The lowest BCUT2D eigenvalue weighted by molar-refractivity contribution is -0.167. The number of amides is 1. The fourth-order valence-electron chi connectivity index (χ4n) is 2.13. The van der Waals surface area contributed by atoms with E-state index in [9.17, 15) is 9.90 Å². The molecule has 1 atom stereocenters. The molecule has 1 aliphatic heterocycles. The number of carbonyl (C=O) groups excluding carboxylic acids is 1. The summed E-state index contributed by atoms with van der Waals surface area (Å²) in [6.07, 6.45) is 2.58. The number of carbonyl (C=O) groups is 1. The fourth-order valence-corrected chi connectivity index (χ4v) is 2.13. The van der Waals surface area contributed by atoms with Crippen LogP contribution in [0.4, 0.5) is 0 Å². The van der Waals surface area contributed by atoms with Crippen molar-refractivity contribution in [3.05, 3.63) is 12.7 Å². The Morgan fingerprint density at radius 2 is 2.39 bits per heavy atom. The van der Waals surface area contributed by atoms with Crippen LogP contribution >= 0.6 is 0 Å². The lowest BCUT2D eigenvalue weighted by atomic mass is 10.1. The Morgan fingerprint density at radius 1 is 1.61 bits per heavy atom. The highest BCUT2D eigenvalue weighted by atomic mass is 16.5. The average Bonchev–Trinajstić information content (AvgIpc) is 2.79. The highest BCUT2D eigenvalue weighted by Gasteiger charge is 2.35. The second-order valence-electron chi connectivity index (χ2n) is 5.05. The molecule has 7 nitrogen and oxygen atoms in total. The van der Waals surface area contributed by atoms with Crippen LogP contribution in [0.1, 0.15) is 13.8 Å². The molecule has 1 saturated heterocycles. The zero-order valence-electron chi connectivity index (χ0n) is 10.6. The van der Waals surface area contributed by atoms with Crippen LogP contribution in [-0.4, -0.2) is 62.1 Å². The normalized spacial score (nSPS) is 23.1. The number of hydrogen-bond donors (Lipinski definition) is 1. The van der Waals surface area contributed by atoms with Crippen molar-refractivity contribution >= 4 is 5.91 Å². The van der Waals surface area contributed by atoms with Crippen LogP contribution in [0.5, 0.6) is 0 Å². The molecule has 7 heteroatoms. The van der Waals surface area contributed by atoms with Crippen molar-refractivity contribution in [2.75, 3.05) is 19.7 Å². The molecule has 0 radical (unpaired) electrons. The number of nitrogens with zero attached hydrogens (tertiary/aromatic N) is 4. The summed E-state index contributed by atoms with van der Waals surface area (Å²) in [6.45, 7) is 4.81. The minimum atomic E-state index is -0.441.